The minimum atomic E-state index is 1.10. The third-order valence-electron chi connectivity index (χ3n) is 1.62. The van der Waals surface area contributed by atoms with Crippen LogP contribution in [0.5, 0.6) is 0 Å². The van der Waals surface area contributed by atoms with Gasteiger partial charge in [-0.15, -0.1) is 0 Å². The maximum atomic E-state index is 2.19. The Morgan fingerprint density at radius 2 is 1.85 bits per heavy atom. The molecule has 0 saturated carbocycles. The molecular formula is C13H20. The molecule has 72 valence electrons. The summed E-state index contributed by atoms with van der Waals surface area (Å²) in [6.45, 7) is 8.41. The molecule has 0 fully saturated rings. The van der Waals surface area contributed by atoms with Crippen LogP contribution in [0.25, 0.3) is 0 Å². The zero-order valence-corrected chi connectivity index (χ0v) is 9.17. The minimum absolute atomic E-state index is 1.10. The van der Waals surface area contributed by atoms with Gasteiger partial charge in [0.15, 0.2) is 0 Å². The largest absolute Gasteiger partial charge is 0.0877 e. The highest BCUT2D eigenvalue weighted by atomic mass is 13.9. The number of allylic oxidation sites excluding steroid dienone is 8. The molecular weight excluding hydrogens is 156 g/mol. The molecule has 0 aromatic rings. The van der Waals surface area contributed by atoms with E-state index < -0.39 is 0 Å². The van der Waals surface area contributed by atoms with Crippen molar-refractivity contribution < 1.29 is 0 Å². The van der Waals surface area contributed by atoms with E-state index in [4.69, 9.17) is 0 Å². The highest BCUT2D eigenvalue weighted by molar-refractivity contribution is 5.29. The summed E-state index contributed by atoms with van der Waals surface area (Å²) in [6.07, 6.45) is 13.8. The van der Waals surface area contributed by atoms with E-state index in [-0.39, 0.29) is 0 Å². The summed E-state index contributed by atoms with van der Waals surface area (Å²) in [6, 6.07) is 0. The third kappa shape index (κ3) is 7.32. The molecule has 0 aliphatic rings. The van der Waals surface area contributed by atoms with Crippen molar-refractivity contribution in [2.24, 2.45) is 0 Å². The predicted octanol–water partition coefficient (Wildman–Crippen LogP) is 4.42. The fourth-order valence-corrected chi connectivity index (χ4v) is 1.01. The minimum Gasteiger partial charge on any atom is -0.0877 e. The second-order valence-electron chi connectivity index (χ2n) is 3.14. The zero-order valence-electron chi connectivity index (χ0n) is 9.17. The maximum absolute atomic E-state index is 2.19. The van der Waals surface area contributed by atoms with E-state index in [9.17, 15) is 0 Å². The molecule has 0 nitrogen and oxygen atoms in total. The molecule has 0 aliphatic heterocycles. The van der Waals surface area contributed by atoms with E-state index >= 15 is 0 Å². The first-order chi connectivity index (χ1) is 6.20. The summed E-state index contributed by atoms with van der Waals surface area (Å²) in [5, 5.41) is 0. The third-order valence-corrected chi connectivity index (χ3v) is 1.62. The van der Waals surface area contributed by atoms with Crippen LogP contribution in [-0.4, -0.2) is 0 Å². The summed E-state index contributed by atoms with van der Waals surface area (Å²) < 4.78 is 0. The maximum Gasteiger partial charge on any atom is -0.0376 e. The van der Waals surface area contributed by atoms with Crippen LogP contribution in [0.4, 0.5) is 0 Å². The number of rotatable bonds is 4. The smallest absolute Gasteiger partial charge is 0.0376 e. The molecule has 0 heterocycles. The van der Waals surface area contributed by atoms with Gasteiger partial charge in [0.25, 0.3) is 0 Å². The van der Waals surface area contributed by atoms with Crippen LogP contribution in [-0.2, 0) is 0 Å². The summed E-state index contributed by atoms with van der Waals surface area (Å²) >= 11 is 0. The van der Waals surface area contributed by atoms with Crippen molar-refractivity contribution >= 4 is 0 Å². The van der Waals surface area contributed by atoms with Crippen LogP contribution in [0.3, 0.4) is 0 Å². The lowest BCUT2D eigenvalue weighted by Crippen LogP contribution is -1.72. The quantitative estimate of drug-likeness (QED) is 0.556. The Balaban J connectivity index is 4.29. The molecule has 0 aromatic heterocycles. The molecule has 0 aliphatic carbocycles. The van der Waals surface area contributed by atoms with Crippen LogP contribution >= 0.6 is 0 Å². The van der Waals surface area contributed by atoms with Crippen molar-refractivity contribution in [3.63, 3.8) is 0 Å². The molecule has 0 rings (SSSR count). The van der Waals surface area contributed by atoms with E-state index in [1.165, 1.54) is 11.1 Å². The van der Waals surface area contributed by atoms with Crippen LogP contribution < -0.4 is 0 Å². The summed E-state index contributed by atoms with van der Waals surface area (Å²) in [4.78, 5) is 0. The average Bonchev–Trinajstić information content (AvgIpc) is 2.11. The Morgan fingerprint density at radius 3 is 2.38 bits per heavy atom. The molecule has 0 spiro atoms. The first-order valence-corrected chi connectivity index (χ1v) is 4.85. The van der Waals surface area contributed by atoms with E-state index in [1.54, 1.807) is 0 Å². The lowest BCUT2D eigenvalue weighted by molar-refractivity contribution is 1.22. The number of hydrogen-bond donors (Lipinski definition) is 0. The van der Waals surface area contributed by atoms with Gasteiger partial charge in [-0.25, -0.2) is 0 Å². The fraction of sp³-hybridized carbons (Fsp3) is 0.385. The van der Waals surface area contributed by atoms with Crippen LogP contribution in [0, 0.1) is 0 Å². The predicted molar refractivity (Wildman–Crippen MR) is 61.8 cm³/mol. The van der Waals surface area contributed by atoms with Gasteiger partial charge in [-0.2, -0.15) is 0 Å². The van der Waals surface area contributed by atoms with Crippen molar-refractivity contribution in [1.82, 2.24) is 0 Å². The highest BCUT2D eigenvalue weighted by Gasteiger charge is 1.82. The van der Waals surface area contributed by atoms with Gasteiger partial charge < -0.3 is 0 Å². The van der Waals surface area contributed by atoms with Gasteiger partial charge in [-0.1, -0.05) is 54.5 Å². The molecule has 0 atom stereocenters. The highest BCUT2D eigenvalue weighted by Crippen LogP contribution is 2.03. The Labute approximate surface area is 82.4 Å². The molecule has 0 unspecified atom stereocenters. The first kappa shape index (κ1) is 12.0. The van der Waals surface area contributed by atoms with Crippen LogP contribution in [0.2, 0.25) is 0 Å². The van der Waals surface area contributed by atoms with Gasteiger partial charge in [0.1, 0.15) is 0 Å². The van der Waals surface area contributed by atoms with E-state index in [2.05, 4.69) is 51.2 Å². The molecule has 13 heavy (non-hydrogen) atoms. The molecule has 0 saturated heterocycles. The summed E-state index contributed by atoms with van der Waals surface area (Å²) in [5.41, 5.74) is 2.59. The van der Waals surface area contributed by atoms with Gasteiger partial charge in [0.05, 0.1) is 0 Å². The van der Waals surface area contributed by atoms with Gasteiger partial charge >= 0.3 is 0 Å². The van der Waals surface area contributed by atoms with Crippen LogP contribution in [0.15, 0.2) is 47.6 Å². The Hall–Kier alpha value is -1.04. The molecule has 0 aromatic carbocycles. The number of hydrogen-bond acceptors (Lipinski definition) is 0. The molecule has 0 amide bonds. The van der Waals surface area contributed by atoms with E-state index in [0.29, 0.717) is 0 Å². The van der Waals surface area contributed by atoms with Crippen molar-refractivity contribution in [1.29, 1.82) is 0 Å². The van der Waals surface area contributed by atoms with Gasteiger partial charge in [-0.3, -0.25) is 0 Å². The van der Waals surface area contributed by atoms with Crippen LogP contribution in [0.1, 0.15) is 34.1 Å². The Kier molecular flexibility index (Phi) is 6.99. The Morgan fingerprint density at radius 1 is 1.15 bits per heavy atom. The van der Waals surface area contributed by atoms with E-state index in [1.807, 2.05) is 13.0 Å². The van der Waals surface area contributed by atoms with Crippen molar-refractivity contribution in [2.45, 2.75) is 34.1 Å². The Bertz CT molecular complexity index is 237. The first-order valence-electron chi connectivity index (χ1n) is 4.85. The van der Waals surface area contributed by atoms with Crippen molar-refractivity contribution in [3.8, 4) is 0 Å². The lowest BCUT2D eigenvalue weighted by Gasteiger charge is -1.92. The fourth-order valence-electron chi connectivity index (χ4n) is 1.01. The van der Waals surface area contributed by atoms with Gasteiger partial charge in [-0.05, 0) is 27.2 Å². The lowest BCUT2D eigenvalue weighted by atomic mass is 10.1. The molecule has 0 N–H and O–H groups in total. The monoisotopic (exact) mass is 176 g/mol. The van der Waals surface area contributed by atoms with Gasteiger partial charge in [0.2, 0.25) is 0 Å². The summed E-state index contributed by atoms with van der Waals surface area (Å²) in [5.74, 6) is 0. The SMILES string of the molecule is C/C=C\C=C(/C)C=C(C)C=CCC. The molecule has 0 bridgehead atoms. The normalized spacial score (nSPS) is 14.8. The summed E-state index contributed by atoms with van der Waals surface area (Å²) in [7, 11) is 0. The second kappa shape index (κ2) is 7.60. The molecule has 0 radical (unpaired) electrons. The van der Waals surface area contributed by atoms with Crippen molar-refractivity contribution in [3.05, 3.63) is 47.6 Å². The second-order valence-corrected chi connectivity index (χ2v) is 3.14. The van der Waals surface area contributed by atoms with Gasteiger partial charge in [0, 0.05) is 0 Å². The molecule has 0 heteroatoms. The van der Waals surface area contributed by atoms with Crippen molar-refractivity contribution in [2.75, 3.05) is 0 Å². The average molecular weight is 176 g/mol. The standard InChI is InChI=1S/C13H20/c1-5-7-9-12(3)11-13(4)10-8-6-2/h5,7-11H,6H2,1-4H3/b7-5-,10-8?,12-9+,13-11?. The van der Waals surface area contributed by atoms with E-state index in [0.717, 1.165) is 6.42 Å². The topological polar surface area (TPSA) is 0 Å². The zero-order chi connectivity index (χ0) is 10.1.